The van der Waals surface area contributed by atoms with Gasteiger partial charge in [-0.3, -0.25) is 19.7 Å². The molecule has 0 bridgehead atoms. The molecule has 1 N–H and O–H groups in total. The van der Waals surface area contributed by atoms with Crippen LogP contribution in [0.1, 0.15) is 5.56 Å². The number of hydrogen-bond acceptors (Lipinski definition) is 6. The summed E-state index contributed by atoms with van der Waals surface area (Å²) in [7, 11) is 3.81. The number of para-hydroxylation sites is 1. The number of carbonyl (C=O) groups is 2. The minimum Gasteiger partial charge on any atom is -0.455 e. The summed E-state index contributed by atoms with van der Waals surface area (Å²) in [6.45, 7) is -0.463. The van der Waals surface area contributed by atoms with E-state index >= 15 is 0 Å². The van der Waals surface area contributed by atoms with Crippen LogP contribution >= 0.6 is 0 Å². The molecule has 26 heavy (non-hydrogen) atoms. The van der Waals surface area contributed by atoms with Gasteiger partial charge in [0.2, 0.25) is 0 Å². The number of nitro benzene ring substituents is 1. The van der Waals surface area contributed by atoms with E-state index in [0.717, 1.165) is 5.69 Å². The third-order valence-electron chi connectivity index (χ3n) is 3.55. The average molecular weight is 357 g/mol. The Balaban J connectivity index is 1.85. The van der Waals surface area contributed by atoms with Gasteiger partial charge in [0.15, 0.2) is 6.61 Å². The highest BCUT2D eigenvalue weighted by Crippen LogP contribution is 2.18. The standard InChI is InChI=1S/C18H19N3O5/c1-20(2)15-9-7-14(8-10-15)19-17(22)12-26-18(23)11-13-5-3-4-6-16(13)21(24)25/h3-10H,11-12H2,1-2H3,(H,19,22). The van der Waals surface area contributed by atoms with Crippen molar-refractivity contribution in [2.45, 2.75) is 6.42 Å². The van der Waals surface area contributed by atoms with E-state index in [-0.39, 0.29) is 17.7 Å². The predicted molar refractivity (Wildman–Crippen MR) is 97.2 cm³/mol. The number of nitrogens with zero attached hydrogens (tertiary/aromatic N) is 2. The minimum absolute atomic E-state index is 0.158. The molecule has 2 rings (SSSR count). The molecular weight excluding hydrogens is 338 g/mol. The summed E-state index contributed by atoms with van der Waals surface area (Å²) in [4.78, 5) is 36.0. The molecule has 0 atom stereocenters. The van der Waals surface area contributed by atoms with Gasteiger partial charge in [0, 0.05) is 37.1 Å². The van der Waals surface area contributed by atoms with Crippen LogP contribution in [0.15, 0.2) is 48.5 Å². The number of ether oxygens (including phenoxy) is 1. The highest BCUT2D eigenvalue weighted by molar-refractivity contribution is 5.93. The van der Waals surface area contributed by atoms with Crippen LogP contribution in [0.5, 0.6) is 0 Å². The lowest BCUT2D eigenvalue weighted by molar-refractivity contribution is -0.385. The number of nitrogens with one attached hydrogen (secondary N) is 1. The van der Waals surface area contributed by atoms with Crippen molar-refractivity contribution in [1.82, 2.24) is 0 Å². The molecule has 8 nitrogen and oxygen atoms in total. The van der Waals surface area contributed by atoms with Crippen molar-refractivity contribution in [2.75, 3.05) is 30.9 Å². The Morgan fingerprint density at radius 2 is 1.77 bits per heavy atom. The molecular formula is C18H19N3O5. The van der Waals surface area contributed by atoms with E-state index in [1.165, 1.54) is 18.2 Å². The van der Waals surface area contributed by atoms with Crippen molar-refractivity contribution >= 4 is 28.9 Å². The molecule has 2 aromatic carbocycles. The quantitative estimate of drug-likeness (QED) is 0.464. The first kappa shape index (κ1) is 18.9. The predicted octanol–water partition coefficient (Wildman–Crippen LogP) is 2.39. The normalized spacial score (nSPS) is 10.1. The largest absolute Gasteiger partial charge is 0.455 e. The van der Waals surface area contributed by atoms with E-state index in [4.69, 9.17) is 4.74 Å². The molecule has 8 heteroatoms. The summed E-state index contributed by atoms with van der Waals surface area (Å²) >= 11 is 0. The zero-order valence-corrected chi connectivity index (χ0v) is 14.5. The maximum Gasteiger partial charge on any atom is 0.311 e. The van der Waals surface area contributed by atoms with Crippen LogP contribution in [0.2, 0.25) is 0 Å². The van der Waals surface area contributed by atoms with Gasteiger partial charge in [-0.1, -0.05) is 18.2 Å². The Hall–Kier alpha value is -3.42. The molecule has 0 aromatic heterocycles. The molecule has 0 unspecified atom stereocenters. The lowest BCUT2D eigenvalue weighted by atomic mass is 10.1. The Morgan fingerprint density at radius 1 is 1.12 bits per heavy atom. The molecule has 0 saturated carbocycles. The summed E-state index contributed by atoms with van der Waals surface area (Å²) in [5.74, 6) is -1.20. The van der Waals surface area contributed by atoms with Gasteiger partial charge < -0.3 is 15.0 Å². The first-order valence-corrected chi connectivity index (χ1v) is 7.82. The molecule has 0 saturated heterocycles. The summed E-state index contributed by atoms with van der Waals surface area (Å²) in [6, 6.07) is 13.1. The second kappa shape index (κ2) is 8.61. The first-order valence-electron chi connectivity index (χ1n) is 7.82. The fourth-order valence-electron chi connectivity index (χ4n) is 2.23. The number of rotatable bonds is 7. The average Bonchev–Trinajstić information content (AvgIpc) is 2.60. The van der Waals surface area contributed by atoms with Gasteiger partial charge in [-0.25, -0.2) is 0 Å². The van der Waals surface area contributed by atoms with Crippen LogP contribution in [0.3, 0.4) is 0 Å². The van der Waals surface area contributed by atoms with Crippen molar-refractivity contribution in [1.29, 1.82) is 0 Å². The second-order valence-corrected chi connectivity index (χ2v) is 5.71. The highest BCUT2D eigenvalue weighted by atomic mass is 16.6. The fourth-order valence-corrected chi connectivity index (χ4v) is 2.23. The van der Waals surface area contributed by atoms with Crippen LogP contribution in [0, 0.1) is 10.1 Å². The minimum atomic E-state index is -0.711. The van der Waals surface area contributed by atoms with E-state index in [9.17, 15) is 19.7 Å². The van der Waals surface area contributed by atoms with E-state index in [1.54, 1.807) is 18.2 Å². The topological polar surface area (TPSA) is 102 Å². The van der Waals surface area contributed by atoms with Gasteiger partial charge in [0.1, 0.15) is 0 Å². The molecule has 0 aliphatic carbocycles. The zero-order chi connectivity index (χ0) is 19.1. The number of amides is 1. The first-order chi connectivity index (χ1) is 12.4. The Kier molecular flexibility index (Phi) is 6.26. The van der Waals surface area contributed by atoms with Gasteiger partial charge in [0.25, 0.3) is 11.6 Å². The van der Waals surface area contributed by atoms with E-state index in [1.807, 2.05) is 31.1 Å². The van der Waals surface area contributed by atoms with Crippen LogP contribution in [0.25, 0.3) is 0 Å². The molecule has 0 spiro atoms. The van der Waals surface area contributed by atoms with Crippen molar-refractivity contribution in [3.63, 3.8) is 0 Å². The highest BCUT2D eigenvalue weighted by Gasteiger charge is 2.17. The van der Waals surface area contributed by atoms with Gasteiger partial charge >= 0.3 is 5.97 Å². The number of benzene rings is 2. The number of anilines is 2. The van der Waals surface area contributed by atoms with Gasteiger partial charge in [-0.2, -0.15) is 0 Å². The van der Waals surface area contributed by atoms with Gasteiger partial charge in [-0.05, 0) is 24.3 Å². The summed E-state index contributed by atoms with van der Waals surface area (Å²) in [5, 5.41) is 13.5. The molecule has 1 amide bonds. The van der Waals surface area contributed by atoms with E-state index in [0.29, 0.717) is 5.69 Å². The lowest BCUT2D eigenvalue weighted by Crippen LogP contribution is -2.21. The van der Waals surface area contributed by atoms with Gasteiger partial charge in [0.05, 0.1) is 11.3 Å². The van der Waals surface area contributed by atoms with Crippen LogP contribution in [-0.2, 0) is 20.7 Å². The Bertz CT molecular complexity index is 803. The molecule has 136 valence electrons. The smallest absolute Gasteiger partial charge is 0.311 e. The molecule has 0 aliphatic heterocycles. The van der Waals surface area contributed by atoms with Crippen LogP contribution in [0.4, 0.5) is 17.1 Å². The SMILES string of the molecule is CN(C)c1ccc(NC(=O)COC(=O)Cc2ccccc2[N+](=O)[O-])cc1. The van der Waals surface area contributed by atoms with Crippen molar-refractivity contribution < 1.29 is 19.2 Å². The Morgan fingerprint density at radius 3 is 2.38 bits per heavy atom. The number of nitro groups is 1. The zero-order valence-electron chi connectivity index (χ0n) is 14.5. The van der Waals surface area contributed by atoms with E-state index < -0.39 is 23.4 Å². The van der Waals surface area contributed by atoms with Crippen molar-refractivity contribution in [2.24, 2.45) is 0 Å². The molecule has 0 aliphatic rings. The maximum absolute atomic E-state index is 11.9. The summed E-state index contributed by atoms with van der Waals surface area (Å²) < 4.78 is 4.89. The fraction of sp³-hybridized carbons (Fsp3) is 0.222. The molecule has 0 fully saturated rings. The van der Waals surface area contributed by atoms with E-state index in [2.05, 4.69) is 5.32 Å². The van der Waals surface area contributed by atoms with Gasteiger partial charge in [-0.15, -0.1) is 0 Å². The molecule has 2 aromatic rings. The number of esters is 1. The third kappa shape index (κ3) is 5.30. The van der Waals surface area contributed by atoms with Crippen molar-refractivity contribution in [3.05, 3.63) is 64.2 Å². The monoisotopic (exact) mass is 357 g/mol. The third-order valence-corrected chi connectivity index (χ3v) is 3.55. The lowest BCUT2D eigenvalue weighted by Gasteiger charge is -2.13. The molecule has 0 heterocycles. The Labute approximate surface area is 150 Å². The second-order valence-electron chi connectivity index (χ2n) is 5.71. The number of hydrogen-bond donors (Lipinski definition) is 1. The van der Waals surface area contributed by atoms with Crippen molar-refractivity contribution in [3.8, 4) is 0 Å². The van der Waals surface area contributed by atoms with Crippen LogP contribution < -0.4 is 10.2 Å². The maximum atomic E-state index is 11.9. The summed E-state index contributed by atoms with van der Waals surface area (Å²) in [5.41, 5.74) is 1.64. The molecule has 0 radical (unpaired) electrons. The summed E-state index contributed by atoms with van der Waals surface area (Å²) in [6.07, 6.45) is -0.276. The number of carbonyl (C=O) groups excluding carboxylic acids is 2. The van der Waals surface area contributed by atoms with Crippen LogP contribution in [-0.4, -0.2) is 37.5 Å².